The van der Waals surface area contributed by atoms with Gasteiger partial charge < -0.3 is 5.32 Å². The molecule has 2 N–H and O–H groups in total. The van der Waals surface area contributed by atoms with Gasteiger partial charge in [0.2, 0.25) is 5.91 Å². The second kappa shape index (κ2) is 6.93. The summed E-state index contributed by atoms with van der Waals surface area (Å²) < 4.78 is 1.03. The van der Waals surface area contributed by atoms with Crippen molar-refractivity contribution in [3.05, 3.63) is 65.0 Å². The van der Waals surface area contributed by atoms with E-state index >= 15 is 0 Å². The van der Waals surface area contributed by atoms with Crippen LogP contribution in [0.3, 0.4) is 0 Å². The van der Waals surface area contributed by atoms with Crippen molar-refractivity contribution in [3.8, 4) is 0 Å². The van der Waals surface area contributed by atoms with Crippen molar-refractivity contribution >= 4 is 55.9 Å². The minimum atomic E-state index is -0.368. The monoisotopic (exact) mass is 382 g/mol. The Labute approximate surface area is 157 Å². The largest absolute Gasteiger partial charge is 0.322 e. The summed E-state index contributed by atoms with van der Waals surface area (Å²) >= 11 is 2.61. The lowest BCUT2D eigenvalue weighted by Gasteiger charge is -2.05. The average molecular weight is 382 g/mol. The number of carbonyl (C=O) groups is 3. The molecule has 2 heterocycles. The maximum absolute atomic E-state index is 12.3. The van der Waals surface area contributed by atoms with E-state index in [0.717, 1.165) is 32.4 Å². The molecule has 0 saturated carbocycles. The van der Waals surface area contributed by atoms with Crippen LogP contribution >= 0.6 is 23.1 Å². The predicted molar refractivity (Wildman–Crippen MR) is 105 cm³/mol. The van der Waals surface area contributed by atoms with Crippen molar-refractivity contribution in [2.24, 2.45) is 0 Å². The van der Waals surface area contributed by atoms with Crippen molar-refractivity contribution < 1.29 is 14.4 Å². The van der Waals surface area contributed by atoms with Gasteiger partial charge in [-0.1, -0.05) is 36.0 Å². The molecule has 3 amide bonds. The number of rotatable bonds is 4. The Morgan fingerprint density at radius 3 is 2.62 bits per heavy atom. The van der Waals surface area contributed by atoms with E-state index in [0.29, 0.717) is 12.0 Å². The standard InChI is InChI=1S/C19H14N2O3S2/c22-17(11-4-2-1-3-5-11)20-13-7-6-12-8-14(25-15(12)9-13)10-16-18(23)21-19(24)26-16/h1-9,16H,10H2,(H,20,22)(H,21,23,24). The van der Waals surface area contributed by atoms with Gasteiger partial charge in [-0.15, -0.1) is 11.3 Å². The van der Waals surface area contributed by atoms with E-state index in [1.807, 2.05) is 42.5 Å². The first kappa shape index (κ1) is 16.8. The highest BCUT2D eigenvalue weighted by atomic mass is 32.2. The molecule has 26 heavy (non-hydrogen) atoms. The minimum Gasteiger partial charge on any atom is -0.322 e. The maximum Gasteiger partial charge on any atom is 0.286 e. The van der Waals surface area contributed by atoms with Crippen molar-refractivity contribution in [2.75, 3.05) is 5.32 Å². The minimum absolute atomic E-state index is 0.153. The number of hydrogen-bond acceptors (Lipinski definition) is 5. The van der Waals surface area contributed by atoms with Crippen LogP contribution in [-0.2, 0) is 11.2 Å². The van der Waals surface area contributed by atoms with Gasteiger partial charge in [0.1, 0.15) is 0 Å². The van der Waals surface area contributed by atoms with Crippen LogP contribution in [0.15, 0.2) is 54.6 Å². The number of hydrogen-bond donors (Lipinski definition) is 2. The normalized spacial score (nSPS) is 16.7. The van der Waals surface area contributed by atoms with E-state index in [2.05, 4.69) is 10.6 Å². The molecule has 1 aliphatic rings. The van der Waals surface area contributed by atoms with Crippen molar-refractivity contribution in [1.29, 1.82) is 0 Å². The first-order chi connectivity index (χ1) is 12.6. The molecule has 0 radical (unpaired) electrons. The van der Waals surface area contributed by atoms with Crippen molar-refractivity contribution in [2.45, 2.75) is 11.7 Å². The van der Waals surface area contributed by atoms with Crippen LogP contribution in [0.5, 0.6) is 0 Å². The topological polar surface area (TPSA) is 75.3 Å². The molecule has 0 aliphatic carbocycles. The fraction of sp³-hybridized carbons (Fsp3) is 0.105. The van der Waals surface area contributed by atoms with E-state index in [9.17, 15) is 14.4 Å². The molecule has 0 spiro atoms. The van der Waals surface area contributed by atoms with Gasteiger partial charge in [0.05, 0.1) is 5.25 Å². The summed E-state index contributed by atoms with van der Waals surface area (Å²) in [5, 5.41) is 5.61. The number of carbonyl (C=O) groups excluding carboxylic acids is 3. The van der Waals surface area contributed by atoms with Crippen LogP contribution in [-0.4, -0.2) is 22.3 Å². The van der Waals surface area contributed by atoms with Crippen LogP contribution in [0.1, 0.15) is 15.2 Å². The molecular weight excluding hydrogens is 368 g/mol. The predicted octanol–water partition coefficient (Wildman–Crippen LogP) is 4.05. The Balaban J connectivity index is 1.51. The summed E-state index contributed by atoms with van der Waals surface area (Å²) in [7, 11) is 0. The quantitative estimate of drug-likeness (QED) is 0.714. The molecule has 4 rings (SSSR count). The van der Waals surface area contributed by atoms with Gasteiger partial charge in [-0.3, -0.25) is 19.7 Å². The molecule has 1 atom stereocenters. The first-order valence-electron chi connectivity index (χ1n) is 7.99. The molecular formula is C19H14N2O3S2. The smallest absolute Gasteiger partial charge is 0.286 e. The zero-order valence-corrected chi connectivity index (χ0v) is 15.2. The van der Waals surface area contributed by atoms with E-state index in [4.69, 9.17) is 0 Å². The number of amides is 3. The number of imide groups is 1. The highest BCUT2D eigenvalue weighted by Gasteiger charge is 2.31. The highest BCUT2D eigenvalue weighted by Crippen LogP contribution is 2.32. The van der Waals surface area contributed by atoms with Crippen molar-refractivity contribution in [1.82, 2.24) is 5.32 Å². The number of thiophene rings is 1. The van der Waals surface area contributed by atoms with E-state index in [-0.39, 0.29) is 22.3 Å². The summed E-state index contributed by atoms with van der Waals surface area (Å²) in [6, 6.07) is 16.8. The van der Waals surface area contributed by atoms with E-state index < -0.39 is 0 Å². The Morgan fingerprint density at radius 2 is 1.88 bits per heavy atom. The van der Waals surface area contributed by atoms with Gasteiger partial charge in [0.15, 0.2) is 0 Å². The molecule has 5 nitrogen and oxygen atoms in total. The molecule has 1 saturated heterocycles. The Kier molecular flexibility index (Phi) is 4.48. The number of benzene rings is 2. The number of fused-ring (bicyclic) bond motifs is 1. The van der Waals surface area contributed by atoms with Gasteiger partial charge in [-0.2, -0.15) is 0 Å². The molecule has 130 valence electrons. The number of nitrogens with one attached hydrogen (secondary N) is 2. The SMILES string of the molecule is O=C1NC(=O)C(Cc2cc3ccc(NC(=O)c4ccccc4)cc3s2)S1. The lowest BCUT2D eigenvalue weighted by Crippen LogP contribution is -2.25. The molecule has 3 aromatic rings. The third-order valence-electron chi connectivity index (χ3n) is 4.02. The highest BCUT2D eigenvalue weighted by molar-refractivity contribution is 8.15. The molecule has 2 aromatic carbocycles. The Hall–Kier alpha value is -2.64. The second-order valence-electron chi connectivity index (χ2n) is 5.87. The lowest BCUT2D eigenvalue weighted by atomic mass is 10.2. The second-order valence-corrected chi connectivity index (χ2v) is 8.22. The zero-order valence-electron chi connectivity index (χ0n) is 13.5. The summed E-state index contributed by atoms with van der Waals surface area (Å²) in [5.74, 6) is -0.382. The molecule has 1 fully saturated rings. The Bertz CT molecular complexity index is 1010. The lowest BCUT2D eigenvalue weighted by molar-refractivity contribution is -0.118. The molecule has 1 unspecified atom stereocenters. The summed E-state index contributed by atoms with van der Waals surface area (Å²) in [4.78, 5) is 36.3. The summed E-state index contributed by atoms with van der Waals surface area (Å²) in [5.41, 5.74) is 1.33. The van der Waals surface area contributed by atoms with E-state index in [1.54, 1.807) is 23.5 Å². The van der Waals surface area contributed by atoms with Gasteiger partial charge >= 0.3 is 0 Å². The Morgan fingerprint density at radius 1 is 1.08 bits per heavy atom. The van der Waals surface area contributed by atoms with Crippen molar-refractivity contribution in [3.63, 3.8) is 0 Å². The molecule has 0 bridgehead atoms. The maximum atomic E-state index is 12.3. The first-order valence-corrected chi connectivity index (χ1v) is 9.68. The zero-order chi connectivity index (χ0) is 18.1. The summed E-state index contributed by atoms with van der Waals surface area (Å²) in [6.45, 7) is 0. The van der Waals surface area contributed by atoms with Crippen LogP contribution in [0.2, 0.25) is 0 Å². The van der Waals surface area contributed by atoms with Gasteiger partial charge in [-0.05, 0) is 35.7 Å². The van der Waals surface area contributed by atoms with Crippen LogP contribution in [0.25, 0.3) is 10.1 Å². The third-order valence-corrected chi connectivity index (χ3v) is 6.12. The summed E-state index contributed by atoms with van der Waals surface area (Å²) in [6.07, 6.45) is 0.521. The van der Waals surface area contributed by atoms with Crippen LogP contribution in [0, 0.1) is 0 Å². The van der Waals surface area contributed by atoms with Crippen LogP contribution in [0.4, 0.5) is 10.5 Å². The fourth-order valence-corrected chi connectivity index (χ4v) is 4.87. The average Bonchev–Trinajstić information content (AvgIpc) is 3.17. The van der Waals surface area contributed by atoms with Gasteiger partial charge in [0.25, 0.3) is 11.1 Å². The molecule has 1 aliphatic heterocycles. The fourth-order valence-electron chi connectivity index (χ4n) is 2.77. The number of thioether (sulfide) groups is 1. The molecule has 7 heteroatoms. The van der Waals surface area contributed by atoms with Crippen LogP contribution < -0.4 is 10.6 Å². The van der Waals surface area contributed by atoms with Gasteiger partial charge in [0, 0.05) is 27.2 Å². The molecule has 1 aromatic heterocycles. The number of anilines is 1. The van der Waals surface area contributed by atoms with Gasteiger partial charge in [-0.25, -0.2) is 0 Å². The third kappa shape index (κ3) is 3.49. The van der Waals surface area contributed by atoms with E-state index in [1.165, 1.54) is 0 Å².